The van der Waals surface area contributed by atoms with Crippen LogP contribution in [0.2, 0.25) is 0 Å². The van der Waals surface area contributed by atoms with Crippen LogP contribution >= 0.6 is 11.3 Å². The van der Waals surface area contributed by atoms with Crippen molar-refractivity contribution in [3.05, 3.63) is 82.4 Å². The molecule has 10 heteroatoms. The van der Waals surface area contributed by atoms with Crippen LogP contribution in [0.1, 0.15) is 4.88 Å². The largest absolute Gasteiger partial charge is 0.350 e. The van der Waals surface area contributed by atoms with Crippen LogP contribution in [0.15, 0.2) is 76.6 Å². The normalized spacial score (nSPS) is 14.5. The van der Waals surface area contributed by atoms with Gasteiger partial charge in [-0.3, -0.25) is 9.59 Å². The van der Waals surface area contributed by atoms with E-state index in [1.54, 1.807) is 17.5 Å². The SMILES string of the molecule is NS(=O)(=O)c1ccc(N2C(=O)C(Nc3ccc(F)cc3)=C(c3cccs3)C2=O)cc1. The maximum absolute atomic E-state index is 13.2. The van der Waals surface area contributed by atoms with Gasteiger partial charge in [-0.25, -0.2) is 22.8 Å². The second-order valence-corrected chi connectivity index (χ2v) is 8.85. The molecule has 3 aromatic rings. The zero-order valence-electron chi connectivity index (χ0n) is 15.2. The van der Waals surface area contributed by atoms with Crippen molar-refractivity contribution in [3.63, 3.8) is 0 Å². The number of carbonyl (C=O) groups is 2. The number of hydrogen-bond donors (Lipinski definition) is 2. The van der Waals surface area contributed by atoms with E-state index in [-0.39, 0.29) is 21.9 Å². The summed E-state index contributed by atoms with van der Waals surface area (Å²) in [6.45, 7) is 0. The Labute approximate surface area is 175 Å². The van der Waals surface area contributed by atoms with Crippen LogP contribution in [0.4, 0.5) is 15.8 Å². The molecule has 152 valence electrons. The molecule has 0 saturated heterocycles. The minimum atomic E-state index is -3.91. The topological polar surface area (TPSA) is 110 Å². The van der Waals surface area contributed by atoms with E-state index < -0.39 is 27.7 Å². The van der Waals surface area contributed by atoms with Gasteiger partial charge < -0.3 is 5.32 Å². The predicted octanol–water partition coefficient (Wildman–Crippen LogP) is 2.93. The third-order valence-corrected chi connectivity index (χ3v) is 6.21. The number of anilines is 2. The van der Waals surface area contributed by atoms with Crippen LogP contribution in [0.25, 0.3) is 5.57 Å². The van der Waals surface area contributed by atoms with Gasteiger partial charge in [0.25, 0.3) is 11.8 Å². The maximum atomic E-state index is 13.2. The Balaban J connectivity index is 1.75. The zero-order chi connectivity index (χ0) is 21.5. The Hall–Kier alpha value is -3.34. The lowest BCUT2D eigenvalue weighted by atomic mass is 10.2. The smallest absolute Gasteiger partial charge is 0.282 e. The molecule has 7 nitrogen and oxygen atoms in total. The highest BCUT2D eigenvalue weighted by molar-refractivity contribution is 7.89. The molecular weight excluding hydrogens is 429 g/mol. The molecule has 2 heterocycles. The van der Waals surface area contributed by atoms with Gasteiger partial charge >= 0.3 is 0 Å². The molecular formula is C20H14FN3O4S2. The van der Waals surface area contributed by atoms with Gasteiger partial charge in [0.1, 0.15) is 11.5 Å². The lowest BCUT2D eigenvalue weighted by Crippen LogP contribution is -2.32. The van der Waals surface area contributed by atoms with E-state index >= 15 is 0 Å². The molecule has 0 aliphatic carbocycles. The molecule has 0 saturated carbocycles. The van der Waals surface area contributed by atoms with Crippen molar-refractivity contribution in [2.45, 2.75) is 4.90 Å². The van der Waals surface area contributed by atoms with E-state index in [1.807, 2.05) is 0 Å². The molecule has 0 atom stereocenters. The van der Waals surface area contributed by atoms with E-state index in [2.05, 4.69) is 5.32 Å². The summed E-state index contributed by atoms with van der Waals surface area (Å²) in [5, 5.41) is 9.79. The van der Waals surface area contributed by atoms with E-state index in [4.69, 9.17) is 5.14 Å². The van der Waals surface area contributed by atoms with Crippen LogP contribution < -0.4 is 15.4 Å². The number of carbonyl (C=O) groups excluding carboxylic acids is 2. The first kappa shape index (κ1) is 20.0. The Morgan fingerprint density at radius 3 is 2.17 bits per heavy atom. The average Bonchev–Trinajstić information content (AvgIpc) is 3.30. The second kappa shape index (κ2) is 7.48. The van der Waals surface area contributed by atoms with Crippen molar-refractivity contribution in [2.75, 3.05) is 10.2 Å². The molecule has 0 fully saturated rings. The minimum Gasteiger partial charge on any atom is -0.350 e. The Morgan fingerprint density at radius 1 is 0.933 bits per heavy atom. The number of rotatable bonds is 5. The zero-order valence-corrected chi connectivity index (χ0v) is 16.8. The summed E-state index contributed by atoms with van der Waals surface area (Å²) in [5.41, 5.74) is 0.856. The first-order valence-electron chi connectivity index (χ1n) is 8.58. The number of nitrogens with one attached hydrogen (secondary N) is 1. The number of imide groups is 1. The standard InChI is InChI=1S/C20H14FN3O4S2/c21-12-3-5-13(6-4-12)23-18-17(16-2-1-11-29-16)19(25)24(20(18)26)14-7-9-15(10-8-14)30(22,27)28/h1-11,23H,(H2,22,27,28). The molecule has 1 aliphatic rings. The highest BCUT2D eigenvalue weighted by Gasteiger charge is 2.40. The van der Waals surface area contributed by atoms with Gasteiger partial charge in [0.05, 0.1) is 16.2 Å². The molecule has 0 radical (unpaired) electrons. The van der Waals surface area contributed by atoms with E-state index in [0.717, 1.165) is 4.90 Å². The number of nitrogens with two attached hydrogens (primary N) is 1. The van der Waals surface area contributed by atoms with E-state index in [1.165, 1.54) is 59.9 Å². The number of thiophene rings is 1. The van der Waals surface area contributed by atoms with Gasteiger partial charge in [-0.15, -0.1) is 11.3 Å². The summed E-state index contributed by atoms with van der Waals surface area (Å²) in [5.74, 6) is -1.61. The van der Waals surface area contributed by atoms with Crippen molar-refractivity contribution >= 4 is 50.1 Å². The van der Waals surface area contributed by atoms with Crippen LogP contribution in [0.5, 0.6) is 0 Å². The molecule has 4 rings (SSSR count). The number of amides is 2. The molecule has 1 aliphatic heterocycles. The fourth-order valence-electron chi connectivity index (χ4n) is 2.99. The average molecular weight is 443 g/mol. The summed E-state index contributed by atoms with van der Waals surface area (Å²) >= 11 is 1.29. The van der Waals surface area contributed by atoms with Crippen molar-refractivity contribution in [1.82, 2.24) is 0 Å². The van der Waals surface area contributed by atoms with Gasteiger partial charge in [-0.2, -0.15) is 0 Å². The Morgan fingerprint density at radius 2 is 1.60 bits per heavy atom. The molecule has 3 N–H and O–H groups in total. The molecule has 0 bridgehead atoms. The van der Waals surface area contributed by atoms with Gasteiger partial charge in [-0.05, 0) is 60.0 Å². The lowest BCUT2D eigenvalue weighted by Gasteiger charge is -2.15. The Bertz CT molecular complexity index is 1270. The molecule has 1 aromatic heterocycles. The Kier molecular flexibility index (Phi) is 4.98. The van der Waals surface area contributed by atoms with Gasteiger partial charge in [0.2, 0.25) is 10.0 Å². The predicted molar refractivity (Wildman–Crippen MR) is 112 cm³/mol. The van der Waals surface area contributed by atoms with Gasteiger partial charge in [0.15, 0.2) is 0 Å². The van der Waals surface area contributed by atoms with E-state index in [0.29, 0.717) is 10.6 Å². The monoisotopic (exact) mass is 443 g/mol. The van der Waals surface area contributed by atoms with Gasteiger partial charge in [0, 0.05) is 10.6 Å². The second-order valence-electron chi connectivity index (χ2n) is 6.34. The van der Waals surface area contributed by atoms with Crippen molar-refractivity contribution in [3.8, 4) is 0 Å². The summed E-state index contributed by atoms with van der Waals surface area (Å²) in [6, 6.07) is 14.0. The highest BCUT2D eigenvalue weighted by atomic mass is 32.2. The summed E-state index contributed by atoms with van der Waals surface area (Å²) in [7, 11) is -3.91. The number of sulfonamides is 1. The number of primary sulfonamides is 1. The van der Waals surface area contributed by atoms with Crippen LogP contribution in [-0.4, -0.2) is 20.2 Å². The van der Waals surface area contributed by atoms with Crippen LogP contribution in [-0.2, 0) is 19.6 Å². The molecule has 2 amide bonds. The first-order valence-corrected chi connectivity index (χ1v) is 11.0. The minimum absolute atomic E-state index is 0.0459. The molecule has 0 spiro atoms. The molecule has 30 heavy (non-hydrogen) atoms. The quantitative estimate of drug-likeness (QED) is 0.589. The maximum Gasteiger partial charge on any atom is 0.282 e. The number of halogens is 1. The van der Waals surface area contributed by atoms with E-state index in [9.17, 15) is 22.4 Å². The number of nitrogens with zero attached hydrogens (tertiary/aromatic N) is 1. The summed E-state index contributed by atoms with van der Waals surface area (Å²) < 4.78 is 36.2. The third kappa shape index (κ3) is 3.63. The number of hydrogen-bond acceptors (Lipinski definition) is 6. The third-order valence-electron chi connectivity index (χ3n) is 4.39. The fourth-order valence-corrected chi connectivity index (χ4v) is 4.28. The van der Waals surface area contributed by atoms with Crippen LogP contribution in [0.3, 0.4) is 0 Å². The highest BCUT2D eigenvalue weighted by Crippen LogP contribution is 2.35. The first-order chi connectivity index (χ1) is 14.3. The fraction of sp³-hybridized carbons (Fsp3) is 0. The van der Waals surface area contributed by atoms with Crippen molar-refractivity contribution in [2.24, 2.45) is 5.14 Å². The summed E-state index contributed by atoms with van der Waals surface area (Å²) in [6.07, 6.45) is 0. The van der Waals surface area contributed by atoms with Crippen molar-refractivity contribution < 1.29 is 22.4 Å². The molecule has 2 aromatic carbocycles. The summed E-state index contributed by atoms with van der Waals surface area (Å²) in [4.78, 5) is 27.7. The van der Waals surface area contributed by atoms with Crippen LogP contribution in [0, 0.1) is 5.82 Å². The molecule has 0 unspecified atom stereocenters. The van der Waals surface area contributed by atoms with Crippen molar-refractivity contribution in [1.29, 1.82) is 0 Å². The van der Waals surface area contributed by atoms with Gasteiger partial charge in [-0.1, -0.05) is 6.07 Å². The number of benzene rings is 2. The lowest BCUT2D eigenvalue weighted by molar-refractivity contribution is -0.120.